The number of methoxy groups -OCH3 is 1. The fourth-order valence-corrected chi connectivity index (χ4v) is 2.35. The van der Waals surface area contributed by atoms with Crippen LogP contribution in [0.4, 0.5) is 4.39 Å². The predicted molar refractivity (Wildman–Crippen MR) is 88.4 cm³/mol. The van der Waals surface area contributed by atoms with Gasteiger partial charge in [-0.3, -0.25) is 9.59 Å². The van der Waals surface area contributed by atoms with Gasteiger partial charge in [0.15, 0.2) is 0 Å². The zero-order chi connectivity index (χ0) is 17.5. The van der Waals surface area contributed by atoms with Crippen molar-refractivity contribution in [3.63, 3.8) is 0 Å². The van der Waals surface area contributed by atoms with Gasteiger partial charge in [0.2, 0.25) is 5.91 Å². The molecule has 2 rings (SSSR count). The molecule has 0 fully saturated rings. The van der Waals surface area contributed by atoms with E-state index in [-0.39, 0.29) is 24.7 Å². The van der Waals surface area contributed by atoms with E-state index in [2.05, 4.69) is 10.1 Å². The van der Waals surface area contributed by atoms with Crippen LogP contribution >= 0.6 is 0 Å². The maximum atomic E-state index is 13.8. The number of rotatable bonds is 6. The Labute approximate surface area is 139 Å². The Morgan fingerprint density at radius 2 is 1.83 bits per heavy atom. The lowest BCUT2D eigenvalue weighted by Gasteiger charge is -2.18. The topological polar surface area (TPSA) is 81.4 Å². The molecule has 0 aliphatic heterocycles. The van der Waals surface area contributed by atoms with Crippen molar-refractivity contribution in [3.8, 4) is 11.1 Å². The zero-order valence-electron chi connectivity index (χ0n) is 13.3. The normalized spacial score (nSPS) is 11.6. The highest BCUT2D eigenvalue weighted by Crippen LogP contribution is 2.25. The summed E-state index contributed by atoms with van der Waals surface area (Å²) >= 11 is 0. The number of amides is 1. The molecule has 6 heteroatoms. The Bertz CT molecular complexity index is 698. The Morgan fingerprint density at radius 3 is 2.42 bits per heavy atom. The molecular weight excluding hydrogens is 311 g/mol. The molecule has 0 saturated heterocycles. The number of carbonyl (C=O) groups is 2. The summed E-state index contributed by atoms with van der Waals surface area (Å²) in [6.07, 6.45) is -0.0126. The fraction of sp³-hybridized carbons (Fsp3) is 0.222. The molecule has 126 valence electrons. The minimum atomic E-state index is -0.553. The van der Waals surface area contributed by atoms with Gasteiger partial charge in [-0.25, -0.2) is 4.39 Å². The Balaban J connectivity index is 2.25. The number of hydrogen-bond donors (Lipinski definition) is 2. The molecule has 0 aliphatic rings. The van der Waals surface area contributed by atoms with Gasteiger partial charge in [0.05, 0.1) is 26.1 Å². The summed E-state index contributed by atoms with van der Waals surface area (Å²) in [4.78, 5) is 23.1. The Morgan fingerprint density at radius 1 is 1.17 bits per heavy atom. The molecule has 0 spiro atoms. The van der Waals surface area contributed by atoms with E-state index in [9.17, 15) is 14.0 Å². The number of nitrogens with one attached hydrogen (secondary N) is 1. The first-order valence-electron chi connectivity index (χ1n) is 7.46. The maximum absolute atomic E-state index is 13.8. The number of ether oxygens (including phenoxy) is 1. The number of halogens is 1. The summed E-state index contributed by atoms with van der Waals surface area (Å²) in [5, 5.41) is 2.68. The van der Waals surface area contributed by atoms with Crippen LogP contribution in [0.5, 0.6) is 0 Å². The number of carbonyl (C=O) groups excluding carboxylic acids is 2. The largest absolute Gasteiger partial charge is 0.469 e. The van der Waals surface area contributed by atoms with Crippen LogP contribution in [-0.2, 0) is 14.3 Å². The average molecular weight is 330 g/mol. The molecule has 0 saturated carbocycles. The van der Waals surface area contributed by atoms with E-state index in [1.807, 2.05) is 0 Å². The molecule has 1 amide bonds. The fourth-order valence-electron chi connectivity index (χ4n) is 2.35. The van der Waals surface area contributed by atoms with Crippen LogP contribution in [0.15, 0.2) is 48.5 Å². The van der Waals surface area contributed by atoms with E-state index in [1.165, 1.54) is 13.2 Å². The van der Waals surface area contributed by atoms with Crippen LogP contribution < -0.4 is 11.1 Å². The van der Waals surface area contributed by atoms with Crippen LogP contribution in [-0.4, -0.2) is 25.5 Å². The van der Waals surface area contributed by atoms with E-state index >= 15 is 0 Å². The van der Waals surface area contributed by atoms with Crippen LogP contribution in [0, 0.1) is 5.82 Å². The van der Waals surface area contributed by atoms with Crippen LogP contribution in [0.3, 0.4) is 0 Å². The first-order valence-corrected chi connectivity index (χ1v) is 7.46. The van der Waals surface area contributed by atoms with Gasteiger partial charge in [0, 0.05) is 5.56 Å². The standard InChI is InChI=1S/C18H19FN2O3/c1-24-18(23)10-16(21-17(22)11-20)13-8-6-12(7-9-13)14-4-2-3-5-15(14)19/h2-9,16H,10-11,20H2,1H3,(H,21,22). The van der Waals surface area contributed by atoms with Gasteiger partial charge in [-0.1, -0.05) is 42.5 Å². The van der Waals surface area contributed by atoms with Gasteiger partial charge in [-0.05, 0) is 17.2 Å². The third-order valence-electron chi connectivity index (χ3n) is 3.62. The molecule has 1 atom stereocenters. The Hall–Kier alpha value is -2.73. The van der Waals surface area contributed by atoms with Gasteiger partial charge < -0.3 is 15.8 Å². The first-order chi connectivity index (χ1) is 11.5. The molecule has 0 bridgehead atoms. The number of esters is 1. The molecule has 0 radical (unpaired) electrons. The molecular formula is C18H19FN2O3. The molecule has 2 aromatic carbocycles. The number of hydrogen-bond acceptors (Lipinski definition) is 4. The first kappa shape index (κ1) is 17.6. The number of benzene rings is 2. The predicted octanol–water partition coefficient (Wildman–Crippen LogP) is 2.17. The maximum Gasteiger partial charge on any atom is 0.307 e. The van der Waals surface area contributed by atoms with Crippen molar-refractivity contribution in [2.45, 2.75) is 12.5 Å². The van der Waals surface area contributed by atoms with Gasteiger partial charge in [-0.2, -0.15) is 0 Å². The second-order valence-corrected chi connectivity index (χ2v) is 5.21. The third kappa shape index (κ3) is 4.39. The van der Waals surface area contributed by atoms with Crippen molar-refractivity contribution >= 4 is 11.9 Å². The number of nitrogens with two attached hydrogens (primary N) is 1. The minimum absolute atomic E-state index is 0.0126. The highest BCUT2D eigenvalue weighted by atomic mass is 19.1. The summed E-state index contributed by atoms with van der Waals surface area (Å²) in [6, 6.07) is 12.9. The SMILES string of the molecule is COC(=O)CC(NC(=O)CN)c1ccc(-c2ccccc2F)cc1. The van der Waals surface area contributed by atoms with Crippen molar-refractivity contribution in [1.82, 2.24) is 5.32 Å². The quantitative estimate of drug-likeness (QED) is 0.796. The molecule has 0 aliphatic carbocycles. The second-order valence-electron chi connectivity index (χ2n) is 5.21. The van der Waals surface area contributed by atoms with Crippen molar-refractivity contribution < 1.29 is 18.7 Å². The lowest BCUT2D eigenvalue weighted by Crippen LogP contribution is -2.35. The summed E-state index contributed by atoms with van der Waals surface area (Å²) in [6.45, 7) is -0.176. The smallest absolute Gasteiger partial charge is 0.307 e. The second kappa shape index (κ2) is 8.21. The van der Waals surface area contributed by atoms with E-state index in [1.54, 1.807) is 42.5 Å². The Kier molecular flexibility index (Phi) is 6.03. The van der Waals surface area contributed by atoms with E-state index < -0.39 is 12.0 Å². The highest BCUT2D eigenvalue weighted by Gasteiger charge is 2.18. The summed E-state index contributed by atoms with van der Waals surface area (Å²) in [5.74, 6) is -1.13. The van der Waals surface area contributed by atoms with Crippen LogP contribution in [0.2, 0.25) is 0 Å². The molecule has 2 aromatic rings. The highest BCUT2D eigenvalue weighted by molar-refractivity contribution is 5.79. The van der Waals surface area contributed by atoms with Gasteiger partial charge in [0.1, 0.15) is 5.82 Å². The van der Waals surface area contributed by atoms with Crippen molar-refractivity contribution in [3.05, 3.63) is 59.9 Å². The van der Waals surface area contributed by atoms with E-state index in [0.29, 0.717) is 16.7 Å². The molecule has 0 heterocycles. The molecule has 1 unspecified atom stereocenters. The van der Waals surface area contributed by atoms with E-state index in [4.69, 9.17) is 5.73 Å². The lowest BCUT2D eigenvalue weighted by atomic mass is 9.98. The van der Waals surface area contributed by atoms with Gasteiger partial charge in [0.25, 0.3) is 0 Å². The van der Waals surface area contributed by atoms with Crippen LogP contribution in [0.1, 0.15) is 18.0 Å². The molecule has 3 N–H and O–H groups in total. The molecule has 24 heavy (non-hydrogen) atoms. The van der Waals surface area contributed by atoms with E-state index in [0.717, 1.165) is 0 Å². The minimum Gasteiger partial charge on any atom is -0.469 e. The summed E-state index contributed by atoms with van der Waals surface area (Å²) < 4.78 is 18.5. The van der Waals surface area contributed by atoms with Gasteiger partial charge >= 0.3 is 5.97 Å². The summed E-state index contributed by atoms with van der Waals surface area (Å²) in [5.41, 5.74) is 7.21. The summed E-state index contributed by atoms with van der Waals surface area (Å²) in [7, 11) is 1.28. The average Bonchev–Trinajstić information content (AvgIpc) is 2.61. The zero-order valence-corrected chi connectivity index (χ0v) is 13.3. The lowest BCUT2D eigenvalue weighted by molar-refractivity contribution is -0.141. The van der Waals surface area contributed by atoms with Gasteiger partial charge in [-0.15, -0.1) is 0 Å². The van der Waals surface area contributed by atoms with Crippen LogP contribution in [0.25, 0.3) is 11.1 Å². The molecule has 5 nitrogen and oxygen atoms in total. The van der Waals surface area contributed by atoms with Crippen molar-refractivity contribution in [2.24, 2.45) is 5.73 Å². The van der Waals surface area contributed by atoms with Crippen molar-refractivity contribution in [2.75, 3.05) is 13.7 Å². The third-order valence-corrected chi connectivity index (χ3v) is 3.62. The molecule has 0 aromatic heterocycles. The van der Waals surface area contributed by atoms with Crippen molar-refractivity contribution in [1.29, 1.82) is 0 Å². The monoisotopic (exact) mass is 330 g/mol.